The normalized spacial score (nSPS) is 11.5. The summed E-state index contributed by atoms with van der Waals surface area (Å²) in [5.74, 6) is 0.379. The summed E-state index contributed by atoms with van der Waals surface area (Å²) < 4.78 is 34.8. The number of aromatic nitrogens is 3. The Morgan fingerprint density at radius 2 is 2.00 bits per heavy atom. The van der Waals surface area contributed by atoms with Crippen molar-refractivity contribution in [3.05, 3.63) is 51.9 Å². The maximum absolute atomic E-state index is 13.4. The second kappa shape index (κ2) is 8.64. The molecular weight excluding hydrogens is 394 g/mol. The van der Waals surface area contributed by atoms with Crippen LogP contribution in [0.5, 0.6) is 5.75 Å². The van der Waals surface area contributed by atoms with E-state index in [4.69, 9.17) is 4.74 Å². The molecule has 1 aromatic carbocycles. The van der Waals surface area contributed by atoms with Crippen LogP contribution in [0, 0.1) is 6.92 Å². The number of methoxy groups -OCH3 is 1. The van der Waals surface area contributed by atoms with E-state index in [2.05, 4.69) is 10.4 Å². The van der Waals surface area contributed by atoms with Crippen LogP contribution in [0.2, 0.25) is 0 Å². The molecule has 1 amide bonds. The topological polar surface area (TPSA) is 78.1 Å². The predicted molar refractivity (Wildman–Crippen MR) is 110 cm³/mol. The first-order valence-corrected chi connectivity index (χ1v) is 9.56. The van der Waals surface area contributed by atoms with Gasteiger partial charge in [0.15, 0.2) is 5.65 Å². The second-order valence-corrected chi connectivity index (χ2v) is 7.31. The van der Waals surface area contributed by atoms with Crippen LogP contribution in [0.15, 0.2) is 35.3 Å². The van der Waals surface area contributed by atoms with E-state index in [1.807, 2.05) is 20.8 Å². The average Bonchev–Trinajstić information content (AvgIpc) is 3.13. The van der Waals surface area contributed by atoms with Gasteiger partial charge in [0.25, 0.3) is 12.0 Å². The Kier molecular flexibility index (Phi) is 6.19. The van der Waals surface area contributed by atoms with Crippen LogP contribution in [0.3, 0.4) is 0 Å². The fourth-order valence-corrected chi connectivity index (χ4v) is 3.17. The molecule has 160 valence electrons. The number of halogens is 2. The third-order valence-electron chi connectivity index (χ3n) is 4.86. The smallest absolute Gasteiger partial charge is 0.264 e. The van der Waals surface area contributed by atoms with Crippen molar-refractivity contribution in [1.82, 2.24) is 14.3 Å². The molecule has 0 aliphatic heterocycles. The van der Waals surface area contributed by atoms with Gasteiger partial charge in [-0.2, -0.15) is 5.10 Å². The van der Waals surface area contributed by atoms with E-state index < -0.39 is 12.0 Å². The Bertz CT molecular complexity index is 1140. The predicted octanol–water partition coefficient (Wildman–Crippen LogP) is 4.06. The standard InChI is InChI=1S/C21H24F2N4O3/c1-12(2)27-11-16-15(20(22)23)10-19(29)26(21(16)25-27)8-7-18(28)24-17-6-5-14(30-4)9-13(17)3/h5-6,9-12,20H,7-8H2,1-4H3,(H,24,28). The zero-order valence-electron chi connectivity index (χ0n) is 17.3. The highest BCUT2D eigenvalue weighted by molar-refractivity contribution is 5.91. The van der Waals surface area contributed by atoms with Gasteiger partial charge in [0, 0.05) is 47.9 Å². The van der Waals surface area contributed by atoms with Crippen molar-refractivity contribution in [2.75, 3.05) is 12.4 Å². The van der Waals surface area contributed by atoms with Gasteiger partial charge in [-0.3, -0.25) is 18.8 Å². The van der Waals surface area contributed by atoms with Crippen LogP contribution in [0.1, 0.15) is 43.9 Å². The molecule has 1 N–H and O–H groups in total. The molecule has 0 saturated heterocycles. The summed E-state index contributed by atoms with van der Waals surface area (Å²) in [6.45, 7) is 5.59. The van der Waals surface area contributed by atoms with Crippen molar-refractivity contribution in [2.24, 2.45) is 0 Å². The summed E-state index contributed by atoms with van der Waals surface area (Å²) in [6, 6.07) is 6.12. The molecule has 2 heterocycles. The van der Waals surface area contributed by atoms with Gasteiger partial charge in [0.1, 0.15) is 5.75 Å². The van der Waals surface area contributed by atoms with Gasteiger partial charge < -0.3 is 10.1 Å². The third kappa shape index (κ3) is 4.34. The summed E-state index contributed by atoms with van der Waals surface area (Å²) in [5.41, 5.74) is 0.659. The number of ether oxygens (including phenoxy) is 1. The molecule has 30 heavy (non-hydrogen) atoms. The van der Waals surface area contributed by atoms with Gasteiger partial charge in [-0.25, -0.2) is 8.78 Å². The summed E-state index contributed by atoms with van der Waals surface area (Å²) >= 11 is 0. The lowest BCUT2D eigenvalue weighted by Gasteiger charge is -2.11. The number of benzene rings is 1. The number of pyridine rings is 1. The molecule has 0 bridgehead atoms. The number of hydrogen-bond acceptors (Lipinski definition) is 4. The number of aryl methyl sites for hydroxylation is 2. The first-order valence-electron chi connectivity index (χ1n) is 9.56. The van der Waals surface area contributed by atoms with E-state index in [1.165, 1.54) is 15.4 Å². The molecule has 0 atom stereocenters. The molecule has 0 fully saturated rings. The number of nitrogens with one attached hydrogen (secondary N) is 1. The highest BCUT2D eigenvalue weighted by atomic mass is 19.3. The molecule has 3 aromatic rings. The van der Waals surface area contributed by atoms with E-state index in [0.29, 0.717) is 11.4 Å². The SMILES string of the molecule is COc1ccc(NC(=O)CCn2c(=O)cc(C(F)F)c3cn(C(C)C)nc32)c(C)c1. The lowest BCUT2D eigenvalue weighted by molar-refractivity contribution is -0.116. The number of rotatable bonds is 7. The Morgan fingerprint density at radius 3 is 2.60 bits per heavy atom. The van der Waals surface area contributed by atoms with Crippen LogP contribution < -0.4 is 15.6 Å². The van der Waals surface area contributed by atoms with E-state index in [1.54, 1.807) is 25.3 Å². The minimum absolute atomic E-state index is 0.0109. The van der Waals surface area contributed by atoms with Gasteiger partial charge in [0.05, 0.1) is 7.11 Å². The Hall–Kier alpha value is -3.23. The lowest BCUT2D eigenvalue weighted by Crippen LogP contribution is -2.24. The largest absolute Gasteiger partial charge is 0.497 e. The molecule has 0 spiro atoms. The van der Waals surface area contributed by atoms with Crippen molar-refractivity contribution in [1.29, 1.82) is 0 Å². The molecule has 0 unspecified atom stereocenters. The van der Waals surface area contributed by atoms with Crippen LogP contribution in [0.4, 0.5) is 14.5 Å². The van der Waals surface area contributed by atoms with Gasteiger partial charge in [-0.15, -0.1) is 0 Å². The fourth-order valence-electron chi connectivity index (χ4n) is 3.17. The zero-order chi connectivity index (χ0) is 22.0. The number of carbonyl (C=O) groups is 1. The number of nitrogens with zero attached hydrogens (tertiary/aromatic N) is 3. The first kappa shape index (κ1) is 21.5. The van der Waals surface area contributed by atoms with Crippen molar-refractivity contribution >= 4 is 22.6 Å². The second-order valence-electron chi connectivity index (χ2n) is 7.31. The summed E-state index contributed by atoms with van der Waals surface area (Å²) in [5, 5.41) is 7.32. The average molecular weight is 418 g/mol. The van der Waals surface area contributed by atoms with E-state index >= 15 is 0 Å². The maximum Gasteiger partial charge on any atom is 0.264 e. The van der Waals surface area contributed by atoms with Gasteiger partial charge in [-0.1, -0.05) is 0 Å². The minimum atomic E-state index is -2.79. The van der Waals surface area contributed by atoms with E-state index in [-0.39, 0.29) is 41.5 Å². The van der Waals surface area contributed by atoms with Gasteiger partial charge in [-0.05, 0) is 44.5 Å². The van der Waals surface area contributed by atoms with Gasteiger partial charge >= 0.3 is 0 Å². The first-order chi connectivity index (χ1) is 14.2. The van der Waals surface area contributed by atoms with Crippen LogP contribution >= 0.6 is 0 Å². The highest BCUT2D eigenvalue weighted by Gasteiger charge is 2.20. The van der Waals surface area contributed by atoms with Crippen LogP contribution in [-0.4, -0.2) is 27.4 Å². The lowest BCUT2D eigenvalue weighted by atomic mass is 10.2. The highest BCUT2D eigenvalue weighted by Crippen LogP contribution is 2.27. The molecule has 0 radical (unpaired) electrons. The fraction of sp³-hybridized carbons (Fsp3) is 0.381. The van der Waals surface area contributed by atoms with Crippen molar-refractivity contribution in [2.45, 2.75) is 46.2 Å². The molecule has 0 aliphatic rings. The Morgan fingerprint density at radius 1 is 1.27 bits per heavy atom. The van der Waals surface area contributed by atoms with Crippen LogP contribution in [0.25, 0.3) is 11.0 Å². The van der Waals surface area contributed by atoms with E-state index in [0.717, 1.165) is 11.6 Å². The molecule has 9 heteroatoms. The molecule has 3 rings (SSSR count). The quantitative estimate of drug-likeness (QED) is 0.628. The Balaban J connectivity index is 1.85. The number of alkyl halides is 2. The molecule has 2 aromatic heterocycles. The third-order valence-corrected chi connectivity index (χ3v) is 4.86. The van der Waals surface area contributed by atoms with E-state index in [9.17, 15) is 18.4 Å². The number of fused-ring (bicyclic) bond motifs is 1. The Labute approximate surface area is 172 Å². The summed E-state index contributed by atoms with van der Waals surface area (Å²) in [4.78, 5) is 24.9. The number of amides is 1. The number of hydrogen-bond donors (Lipinski definition) is 1. The molecule has 0 aliphatic carbocycles. The van der Waals surface area contributed by atoms with Crippen molar-refractivity contribution in [3.63, 3.8) is 0 Å². The monoisotopic (exact) mass is 418 g/mol. The number of carbonyl (C=O) groups excluding carboxylic acids is 1. The molecular formula is C21H24F2N4O3. The maximum atomic E-state index is 13.4. The van der Waals surface area contributed by atoms with Crippen molar-refractivity contribution in [3.8, 4) is 5.75 Å². The van der Waals surface area contributed by atoms with Crippen LogP contribution in [-0.2, 0) is 11.3 Å². The molecule has 0 saturated carbocycles. The van der Waals surface area contributed by atoms with Gasteiger partial charge in [0.2, 0.25) is 5.91 Å². The summed E-state index contributed by atoms with van der Waals surface area (Å²) in [6.07, 6.45) is -1.29. The minimum Gasteiger partial charge on any atom is -0.497 e. The zero-order valence-corrected chi connectivity index (χ0v) is 17.3. The van der Waals surface area contributed by atoms with Crippen molar-refractivity contribution < 1.29 is 18.3 Å². The molecule has 7 nitrogen and oxygen atoms in total. The number of anilines is 1. The summed E-state index contributed by atoms with van der Waals surface area (Å²) in [7, 11) is 1.56.